The zero-order valence-electron chi connectivity index (χ0n) is 18.5. The van der Waals surface area contributed by atoms with E-state index in [1.54, 1.807) is 26.4 Å². The van der Waals surface area contributed by atoms with Gasteiger partial charge in [-0.15, -0.1) is 11.3 Å². The molecule has 1 saturated heterocycles. The number of carbonyl (C=O) groups is 3. The van der Waals surface area contributed by atoms with Gasteiger partial charge in [-0.1, -0.05) is 6.07 Å². The Morgan fingerprint density at radius 1 is 1.30 bits per heavy atom. The number of aromatic nitrogens is 3. The number of amides is 1. The van der Waals surface area contributed by atoms with Crippen LogP contribution in [0.5, 0.6) is 0 Å². The fourth-order valence-electron chi connectivity index (χ4n) is 4.24. The number of ether oxygens (including phenoxy) is 1. The molecule has 0 bridgehead atoms. The van der Waals surface area contributed by atoms with E-state index in [4.69, 9.17) is 4.74 Å². The maximum atomic E-state index is 13.1. The van der Waals surface area contributed by atoms with Gasteiger partial charge in [-0.25, -0.2) is 9.78 Å². The predicted octanol–water partition coefficient (Wildman–Crippen LogP) is 3.19. The van der Waals surface area contributed by atoms with Gasteiger partial charge in [0, 0.05) is 41.6 Å². The van der Waals surface area contributed by atoms with E-state index < -0.39 is 23.7 Å². The molecule has 0 aromatic carbocycles. The third-order valence-electron chi connectivity index (χ3n) is 5.79. The summed E-state index contributed by atoms with van der Waals surface area (Å²) in [5, 5.41) is 13.2. The minimum Gasteiger partial charge on any atom is -0.507 e. The summed E-state index contributed by atoms with van der Waals surface area (Å²) in [5.74, 6) is -2.28. The van der Waals surface area contributed by atoms with Crippen LogP contribution in [0.3, 0.4) is 0 Å². The molecule has 1 aliphatic rings. The normalized spacial score (nSPS) is 17.7. The number of hydrogen-bond acceptors (Lipinski definition) is 7. The second-order valence-corrected chi connectivity index (χ2v) is 8.76. The number of aromatic amines is 1. The van der Waals surface area contributed by atoms with Crippen molar-refractivity contribution in [3.05, 3.63) is 69.2 Å². The average molecular weight is 469 g/mol. The van der Waals surface area contributed by atoms with E-state index in [2.05, 4.69) is 9.97 Å². The minimum absolute atomic E-state index is 0.0201. The highest BCUT2D eigenvalue weighted by Gasteiger charge is 2.46. The summed E-state index contributed by atoms with van der Waals surface area (Å²) in [5.41, 5.74) is 1.49. The molecule has 0 saturated carbocycles. The molecule has 1 fully saturated rings. The lowest BCUT2D eigenvalue weighted by Gasteiger charge is -2.24. The Labute approximate surface area is 194 Å². The van der Waals surface area contributed by atoms with Crippen LogP contribution in [0.1, 0.15) is 44.6 Å². The number of nitrogens with zero attached hydrogens (tertiary/aromatic N) is 3. The van der Waals surface area contributed by atoms with Gasteiger partial charge in [0.15, 0.2) is 0 Å². The number of carbonyl (C=O) groups excluding carboxylic acids is 3. The van der Waals surface area contributed by atoms with Gasteiger partial charge in [0.25, 0.3) is 11.7 Å². The number of likely N-dealkylation sites (tertiary alicyclic amines) is 1. The molecular formula is C23H24N4O5S. The number of aliphatic hydroxyl groups is 1. The lowest BCUT2D eigenvalue weighted by Crippen LogP contribution is -2.31. The summed E-state index contributed by atoms with van der Waals surface area (Å²) in [6.45, 7) is 4.32. The molecule has 1 atom stereocenters. The monoisotopic (exact) mass is 468 g/mol. The van der Waals surface area contributed by atoms with E-state index in [0.717, 1.165) is 4.88 Å². The van der Waals surface area contributed by atoms with E-state index in [0.29, 0.717) is 36.3 Å². The van der Waals surface area contributed by atoms with Crippen LogP contribution >= 0.6 is 11.3 Å². The molecule has 10 heteroatoms. The van der Waals surface area contributed by atoms with Gasteiger partial charge < -0.3 is 24.3 Å². The number of H-pyrrole nitrogens is 1. The fraction of sp³-hybridized carbons (Fsp3) is 0.304. The average Bonchev–Trinajstić information content (AvgIpc) is 3.58. The Hall–Kier alpha value is -3.66. The lowest BCUT2D eigenvalue weighted by atomic mass is 9.97. The number of aliphatic hydroxyl groups excluding tert-OH is 1. The van der Waals surface area contributed by atoms with Crippen molar-refractivity contribution >= 4 is 34.8 Å². The first-order chi connectivity index (χ1) is 15.8. The molecule has 1 amide bonds. The van der Waals surface area contributed by atoms with Crippen molar-refractivity contribution in [1.82, 2.24) is 19.4 Å². The molecule has 0 unspecified atom stereocenters. The highest BCUT2D eigenvalue weighted by molar-refractivity contribution is 7.10. The highest BCUT2D eigenvalue weighted by Crippen LogP contribution is 2.42. The third-order valence-corrected chi connectivity index (χ3v) is 6.72. The zero-order chi connectivity index (χ0) is 23.7. The van der Waals surface area contributed by atoms with Gasteiger partial charge in [-0.05, 0) is 37.3 Å². The molecule has 172 valence electrons. The molecule has 2 N–H and O–H groups in total. The summed E-state index contributed by atoms with van der Waals surface area (Å²) in [6, 6.07) is 2.98. The number of Topliss-reactive ketones (excluding diaryl/α,β-unsaturated/α-hetero) is 1. The van der Waals surface area contributed by atoms with Crippen molar-refractivity contribution < 1.29 is 24.2 Å². The van der Waals surface area contributed by atoms with Crippen molar-refractivity contribution in [3.8, 4) is 0 Å². The lowest BCUT2D eigenvalue weighted by molar-refractivity contribution is -0.139. The molecule has 4 heterocycles. The molecule has 0 radical (unpaired) electrons. The first-order valence-electron chi connectivity index (χ1n) is 10.4. The van der Waals surface area contributed by atoms with Crippen molar-refractivity contribution in [2.24, 2.45) is 0 Å². The number of nitrogens with one attached hydrogen (secondary N) is 1. The van der Waals surface area contributed by atoms with Crippen LogP contribution < -0.4 is 0 Å². The predicted molar refractivity (Wildman–Crippen MR) is 122 cm³/mol. The molecule has 3 aromatic heterocycles. The van der Waals surface area contributed by atoms with Gasteiger partial charge >= 0.3 is 5.97 Å². The summed E-state index contributed by atoms with van der Waals surface area (Å²) in [6.07, 6.45) is 5.82. The van der Waals surface area contributed by atoms with Gasteiger partial charge in [0.05, 0.1) is 25.1 Å². The van der Waals surface area contributed by atoms with Gasteiger partial charge in [-0.3, -0.25) is 9.59 Å². The standard InChI is InChI=1S/C23H24N4O5S/c1-13-16(14(2)25-18(13)23(31)32-3)20(28)17-19(15-6-4-11-33-15)27(22(30)21(17)29)9-5-8-26-10-7-24-12-26/h4,6-7,10-12,19,25,28H,5,8-9H2,1-3H3/t19-/m1/s1. The number of rotatable bonds is 7. The Kier molecular flexibility index (Phi) is 6.19. The number of methoxy groups -OCH3 is 1. The van der Waals surface area contributed by atoms with E-state index in [-0.39, 0.29) is 17.0 Å². The van der Waals surface area contributed by atoms with Crippen molar-refractivity contribution in [3.63, 3.8) is 0 Å². The number of imidazole rings is 1. The van der Waals surface area contributed by atoms with Gasteiger partial charge in [-0.2, -0.15) is 0 Å². The topological polar surface area (TPSA) is 118 Å². The molecule has 0 spiro atoms. The van der Waals surface area contributed by atoms with Crippen molar-refractivity contribution in [2.45, 2.75) is 32.9 Å². The maximum absolute atomic E-state index is 13.1. The van der Waals surface area contributed by atoms with E-state index in [1.165, 1.54) is 23.3 Å². The van der Waals surface area contributed by atoms with E-state index in [1.807, 2.05) is 28.3 Å². The summed E-state index contributed by atoms with van der Waals surface area (Å²) in [4.78, 5) is 47.5. The minimum atomic E-state index is -0.742. The molecule has 4 rings (SSSR count). The Balaban J connectivity index is 1.75. The first kappa shape index (κ1) is 22.5. The van der Waals surface area contributed by atoms with Crippen LogP contribution in [0.15, 0.2) is 41.8 Å². The Morgan fingerprint density at radius 3 is 2.73 bits per heavy atom. The van der Waals surface area contributed by atoms with E-state index in [9.17, 15) is 19.5 Å². The van der Waals surface area contributed by atoms with Gasteiger partial charge in [0.2, 0.25) is 0 Å². The second-order valence-electron chi connectivity index (χ2n) is 7.78. The van der Waals surface area contributed by atoms with Crippen LogP contribution in [0.25, 0.3) is 5.76 Å². The summed E-state index contributed by atoms with van der Waals surface area (Å²) in [7, 11) is 1.27. The maximum Gasteiger partial charge on any atom is 0.354 e. The number of ketones is 1. The Morgan fingerprint density at radius 2 is 2.09 bits per heavy atom. The van der Waals surface area contributed by atoms with Crippen LogP contribution in [-0.4, -0.2) is 55.9 Å². The first-order valence-corrected chi connectivity index (χ1v) is 11.3. The van der Waals surface area contributed by atoms with Crippen LogP contribution in [0, 0.1) is 13.8 Å². The SMILES string of the molecule is COC(=O)c1[nH]c(C)c(C(O)=C2C(=O)C(=O)N(CCCn3ccnc3)[C@@H]2c2cccs2)c1C. The number of esters is 1. The van der Waals surface area contributed by atoms with Crippen molar-refractivity contribution in [2.75, 3.05) is 13.7 Å². The Bertz CT molecular complexity index is 1220. The van der Waals surface area contributed by atoms with Crippen LogP contribution in [0.4, 0.5) is 0 Å². The second kappa shape index (κ2) is 9.07. The molecule has 33 heavy (non-hydrogen) atoms. The number of thiophene rings is 1. The fourth-order valence-corrected chi connectivity index (χ4v) is 5.09. The number of aryl methyl sites for hydroxylation is 2. The van der Waals surface area contributed by atoms with E-state index >= 15 is 0 Å². The van der Waals surface area contributed by atoms with Crippen LogP contribution in [0.2, 0.25) is 0 Å². The smallest absolute Gasteiger partial charge is 0.354 e. The third kappa shape index (κ3) is 3.97. The van der Waals surface area contributed by atoms with Crippen LogP contribution in [-0.2, 0) is 20.9 Å². The molecule has 3 aromatic rings. The molecule has 1 aliphatic heterocycles. The summed E-state index contributed by atoms with van der Waals surface area (Å²) < 4.78 is 6.70. The molecular weight excluding hydrogens is 444 g/mol. The molecule has 0 aliphatic carbocycles. The molecule has 9 nitrogen and oxygen atoms in total. The largest absolute Gasteiger partial charge is 0.507 e. The van der Waals surface area contributed by atoms with Crippen molar-refractivity contribution in [1.29, 1.82) is 0 Å². The zero-order valence-corrected chi connectivity index (χ0v) is 19.3. The number of hydrogen-bond donors (Lipinski definition) is 2. The van der Waals surface area contributed by atoms with Gasteiger partial charge in [0.1, 0.15) is 11.5 Å². The quantitative estimate of drug-likeness (QED) is 0.238. The summed E-state index contributed by atoms with van der Waals surface area (Å²) >= 11 is 1.41. The highest BCUT2D eigenvalue weighted by atomic mass is 32.1.